The number of carbonyl (C=O) groups is 2. The van der Waals surface area contributed by atoms with Crippen molar-refractivity contribution in [2.75, 3.05) is 16.6 Å². The lowest BCUT2D eigenvalue weighted by Gasteiger charge is -2.18. The van der Waals surface area contributed by atoms with Crippen LogP contribution in [0.5, 0.6) is 5.75 Å². The molecule has 4 N–H and O–H groups in total. The van der Waals surface area contributed by atoms with Gasteiger partial charge in [-0.2, -0.15) is 8.42 Å². The number of sulfonamides is 1. The van der Waals surface area contributed by atoms with E-state index in [9.17, 15) is 18.0 Å². The van der Waals surface area contributed by atoms with Gasteiger partial charge in [0.1, 0.15) is 17.6 Å². The number of imidazole rings is 1. The molecular weight excluding hydrogens is 464 g/mol. The highest BCUT2D eigenvalue weighted by atomic mass is 32.2. The number of hydrogen-bond acceptors (Lipinski definition) is 8. The Morgan fingerprint density at radius 2 is 2.12 bits per heavy atom. The molecule has 4 heterocycles. The lowest BCUT2D eigenvalue weighted by molar-refractivity contribution is -0.118. The van der Waals surface area contributed by atoms with E-state index in [2.05, 4.69) is 35.3 Å². The zero-order valence-corrected chi connectivity index (χ0v) is 18.5. The summed E-state index contributed by atoms with van der Waals surface area (Å²) in [7, 11) is -2.29. The third-order valence-electron chi connectivity index (χ3n) is 5.01. The molecule has 3 aromatic heterocycles. The van der Waals surface area contributed by atoms with Crippen LogP contribution in [0.15, 0.2) is 48.3 Å². The van der Waals surface area contributed by atoms with Crippen LogP contribution in [-0.4, -0.2) is 51.3 Å². The number of amides is 2. The molecule has 4 aromatic rings. The number of ether oxygens (including phenoxy) is 1. The molecule has 13 nitrogen and oxygen atoms in total. The smallest absolute Gasteiger partial charge is 0.281 e. The van der Waals surface area contributed by atoms with Crippen molar-refractivity contribution in [1.29, 1.82) is 0 Å². The van der Waals surface area contributed by atoms with Crippen LogP contribution in [-0.2, 0) is 28.4 Å². The third-order valence-corrected chi connectivity index (χ3v) is 6.26. The maximum atomic E-state index is 12.8. The number of anilines is 2. The summed E-state index contributed by atoms with van der Waals surface area (Å²) in [6, 6.07) is 5.19. The summed E-state index contributed by atoms with van der Waals surface area (Å²) >= 11 is 0. The van der Waals surface area contributed by atoms with Crippen LogP contribution in [0.3, 0.4) is 0 Å². The van der Waals surface area contributed by atoms with Gasteiger partial charge >= 0.3 is 0 Å². The molecule has 174 valence electrons. The van der Waals surface area contributed by atoms with Crippen LogP contribution in [0.1, 0.15) is 16.1 Å². The van der Waals surface area contributed by atoms with Gasteiger partial charge in [0, 0.05) is 26.0 Å². The number of fused-ring (bicyclic) bond motifs is 2. The van der Waals surface area contributed by atoms with E-state index < -0.39 is 15.9 Å². The van der Waals surface area contributed by atoms with E-state index in [4.69, 9.17) is 4.74 Å². The van der Waals surface area contributed by atoms with Crippen molar-refractivity contribution < 1.29 is 22.7 Å². The largest absolute Gasteiger partial charge is 0.482 e. The summed E-state index contributed by atoms with van der Waals surface area (Å²) in [4.78, 5) is 39.2. The van der Waals surface area contributed by atoms with Gasteiger partial charge in [-0.15, -0.1) is 0 Å². The van der Waals surface area contributed by atoms with Crippen molar-refractivity contribution in [3.05, 3.63) is 54.5 Å². The lowest BCUT2D eigenvalue weighted by Crippen LogP contribution is -2.26. The molecule has 0 saturated carbocycles. The Kier molecular flexibility index (Phi) is 5.13. The summed E-state index contributed by atoms with van der Waals surface area (Å²) < 4.78 is 34.5. The van der Waals surface area contributed by atoms with E-state index in [1.807, 2.05) is 0 Å². The Labute approximate surface area is 192 Å². The number of nitrogens with one attached hydrogen (secondary N) is 4. The zero-order valence-electron chi connectivity index (χ0n) is 17.7. The fourth-order valence-corrected chi connectivity index (χ4v) is 4.46. The quantitative estimate of drug-likeness (QED) is 0.312. The summed E-state index contributed by atoms with van der Waals surface area (Å²) in [5.74, 6) is -0.191. The molecule has 5 rings (SSSR count). The topological polar surface area (TPSA) is 173 Å². The van der Waals surface area contributed by atoms with Crippen molar-refractivity contribution >= 4 is 44.2 Å². The number of carbonyl (C=O) groups excluding carboxylic acids is 2. The minimum absolute atomic E-state index is 0.0387. The van der Waals surface area contributed by atoms with Gasteiger partial charge in [-0.1, -0.05) is 6.07 Å². The zero-order chi connectivity index (χ0) is 23.9. The van der Waals surface area contributed by atoms with E-state index in [-0.39, 0.29) is 46.5 Å². The maximum absolute atomic E-state index is 12.8. The van der Waals surface area contributed by atoms with Crippen molar-refractivity contribution in [2.24, 2.45) is 7.05 Å². The van der Waals surface area contributed by atoms with E-state index in [0.717, 1.165) is 5.56 Å². The number of nitrogens with zero attached hydrogens (tertiary/aromatic N) is 4. The van der Waals surface area contributed by atoms with Crippen molar-refractivity contribution in [3.63, 3.8) is 0 Å². The summed E-state index contributed by atoms with van der Waals surface area (Å²) in [6.07, 6.45) is 5.30. The van der Waals surface area contributed by atoms with Crippen LogP contribution in [0.25, 0.3) is 11.0 Å². The highest BCUT2D eigenvalue weighted by Crippen LogP contribution is 2.28. The number of aromatic nitrogens is 5. The van der Waals surface area contributed by atoms with Crippen LogP contribution in [0.2, 0.25) is 0 Å². The molecule has 0 bridgehead atoms. The molecule has 0 radical (unpaired) electrons. The number of rotatable bonds is 6. The van der Waals surface area contributed by atoms with Crippen LogP contribution in [0, 0.1) is 0 Å². The predicted molar refractivity (Wildman–Crippen MR) is 120 cm³/mol. The van der Waals surface area contributed by atoms with Gasteiger partial charge in [0.05, 0.1) is 23.2 Å². The molecule has 0 atom stereocenters. The molecular formula is C20H18N8O5S. The van der Waals surface area contributed by atoms with Gasteiger partial charge in [0.15, 0.2) is 17.3 Å². The van der Waals surface area contributed by atoms with Crippen LogP contribution < -0.4 is 20.1 Å². The molecule has 34 heavy (non-hydrogen) atoms. The standard InChI is InChI=1S/C20H18N8O5S/c1-28-7-16(25-10-28)34(31,32)27-13-6-21-18-17(13)23-9-24-19(18)20(30)22-5-11-2-3-14-12(4-11)26-15(29)8-33-14/h2-4,6-7,9-10,21,27H,5,8H2,1H3,(H,22,30)(H,26,29). The Bertz CT molecular complexity index is 1540. The molecule has 1 aliphatic heterocycles. The Hall–Kier alpha value is -4.46. The van der Waals surface area contributed by atoms with Crippen molar-refractivity contribution in [2.45, 2.75) is 11.6 Å². The summed E-state index contributed by atoms with van der Waals surface area (Å²) in [6.45, 7) is 0.121. The van der Waals surface area contributed by atoms with Gasteiger partial charge < -0.3 is 24.9 Å². The first-order chi connectivity index (χ1) is 16.3. The third kappa shape index (κ3) is 4.01. The maximum Gasteiger partial charge on any atom is 0.281 e. The molecule has 0 spiro atoms. The first-order valence-electron chi connectivity index (χ1n) is 9.97. The average Bonchev–Trinajstić information content (AvgIpc) is 3.43. The Morgan fingerprint density at radius 1 is 1.26 bits per heavy atom. The minimum atomic E-state index is -3.95. The molecule has 0 fully saturated rings. The predicted octanol–water partition coefficient (Wildman–Crippen LogP) is 0.753. The average molecular weight is 482 g/mol. The number of aryl methyl sites for hydroxylation is 1. The molecule has 14 heteroatoms. The number of hydrogen-bond donors (Lipinski definition) is 4. The minimum Gasteiger partial charge on any atom is -0.482 e. The fraction of sp³-hybridized carbons (Fsp3) is 0.150. The van der Waals surface area contributed by atoms with Gasteiger partial charge in [0.2, 0.25) is 0 Å². The van der Waals surface area contributed by atoms with E-state index in [1.54, 1.807) is 25.2 Å². The second-order valence-electron chi connectivity index (χ2n) is 7.48. The lowest BCUT2D eigenvalue weighted by atomic mass is 10.1. The van der Waals surface area contributed by atoms with E-state index >= 15 is 0 Å². The first kappa shape index (κ1) is 21.4. The number of H-pyrrole nitrogens is 1. The number of aromatic amines is 1. The van der Waals surface area contributed by atoms with Crippen LogP contribution >= 0.6 is 0 Å². The highest BCUT2D eigenvalue weighted by molar-refractivity contribution is 7.92. The second kappa shape index (κ2) is 8.15. The van der Waals surface area contributed by atoms with Crippen LogP contribution in [0.4, 0.5) is 11.4 Å². The van der Waals surface area contributed by atoms with Gasteiger partial charge in [-0.05, 0) is 17.7 Å². The van der Waals surface area contributed by atoms with Gasteiger partial charge in [0.25, 0.3) is 21.8 Å². The first-order valence-corrected chi connectivity index (χ1v) is 11.4. The molecule has 2 amide bonds. The van der Waals surface area contributed by atoms with Gasteiger partial charge in [-0.25, -0.2) is 15.0 Å². The SMILES string of the molecule is Cn1cnc(S(=O)(=O)Nc2c[nH]c3c(C(=O)NCc4ccc5c(c4)NC(=O)CO5)ncnc23)c1. The Balaban J connectivity index is 1.34. The normalized spacial score (nSPS) is 13.1. The molecule has 0 unspecified atom stereocenters. The van der Waals surface area contributed by atoms with E-state index in [1.165, 1.54) is 29.6 Å². The summed E-state index contributed by atoms with van der Waals surface area (Å²) in [5.41, 5.74) is 1.96. The number of benzene rings is 1. The Morgan fingerprint density at radius 3 is 2.91 bits per heavy atom. The molecule has 0 saturated heterocycles. The monoisotopic (exact) mass is 482 g/mol. The van der Waals surface area contributed by atoms with E-state index in [0.29, 0.717) is 11.4 Å². The highest BCUT2D eigenvalue weighted by Gasteiger charge is 2.22. The fourth-order valence-electron chi connectivity index (χ4n) is 3.42. The van der Waals surface area contributed by atoms with Crippen molar-refractivity contribution in [1.82, 2.24) is 29.8 Å². The van der Waals surface area contributed by atoms with Crippen molar-refractivity contribution in [3.8, 4) is 5.75 Å². The summed E-state index contributed by atoms with van der Waals surface area (Å²) in [5, 5.41) is 5.32. The second-order valence-corrected chi connectivity index (χ2v) is 9.11. The molecule has 0 aliphatic carbocycles. The molecule has 1 aromatic carbocycles. The van der Waals surface area contributed by atoms with Gasteiger partial charge in [-0.3, -0.25) is 14.3 Å². The molecule has 1 aliphatic rings.